The van der Waals surface area contributed by atoms with E-state index in [1.54, 1.807) is 30.6 Å². The van der Waals surface area contributed by atoms with Crippen molar-refractivity contribution in [2.24, 2.45) is 0 Å². The van der Waals surface area contributed by atoms with Gasteiger partial charge in [-0.2, -0.15) is 0 Å². The van der Waals surface area contributed by atoms with Crippen LogP contribution in [0.1, 0.15) is 19.4 Å². The van der Waals surface area contributed by atoms with Crippen LogP contribution in [0.15, 0.2) is 42.7 Å². The number of aryl methyl sites for hydroxylation is 1. The van der Waals surface area contributed by atoms with Gasteiger partial charge in [0.1, 0.15) is 5.82 Å². The fourth-order valence-corrected chi connectivity index (χ4v) is 1.39. The first-order valence-electron chi connectivity index (χ1n) is 5.44. The highest BCUT2D eigenvalue weighted by molar-refractivity contribution is 5.64. The van der Waals surface area contributed by atoms with Gasteiger partial charge in [-0.05, 0) is 36.8 Å². The number of hydrogen-bond acceptors (Lipinski definition) is 1. The lowest BCUT2D eigenvalue weighted by Crippen LogP contribution is -1.85. The lowest BCUT2D eigenvalue weighted by atomic mass is 10.0. The fourth-order valence-electron chi connectivity index (χ4n) is 1.39. The Bertz CT molecular complexity index is 438. The first-order valence-corrected chi connectivity index (χ1v) is 5.44. The van der Waals surface area contributed by atoms with Crippen molar-refractivity contribution in [3.05, 3.63) is 54.1 Å². The molecule has 0 unspecified atom stereocenters. The molecule has 0 aliphatic carbocycles. The molecule has 0 atom stereocenters. The SMILES string of the molecule is CC.Cc1ccc(F)c(-c2ccncc2)c1. The third-order valence-electron chi connectivity index (χ3n) is 2.11. The van der Waals surface area contributed by atoms with Crippen LogP contribution in [-0.2, 0) is 0 Å². The highest BCUT2D eigenvalue weighted by atomic mass is 19.1. The Balaban J connectivity index is 0.000000606. The minimum atomic E-state index is -0.193. The predicted octanol–water partition coefficient (Wildman–Crippen LogP) is 4.22. The summed E-state index contributed by atoms with van der Waals surface area (Å²) in [7, 11) is 0. The number of benzene rings is 1. The average molecular weight is 217 g/mol. The molecule has 2 aromatic rings. The van der Waals surface area contributed by atoms with Crippen molar-refractivity contribution in [3.8, 4) is 11.1 Å². The van der Waals surface area contributed by atoms with Crippen molar-refractivity contribution in [2.45, 2.75) is 20.8 Å². The molecule has 84 valence electrons. The molecule has 2 rings (SSSR count). The summed E-state index contributed by atoms with van der Waals surface area (Å²) in [4.78, 5) is 3.90. The monoisotopic (exact) mass is 217 g/mol. The van der Waals surface area contributed by atoms with Crippen LogP contribution in [-0.4, -0.2) is 4.98 Å². The molecule has 0 fully saturated rings. The van der Waals surface area contributed by atoms with E-state index in [1.165, 1.54) is 6.07 Å². The number of nitrogens with zero attached hydrogens (tertiary/aromatic N) is 1. The summed E-state index contributed by atoms with van der Waals surface area (Å²) in [5.41, 5.74) is 2.55. The lowest BCUT2D eigenvalue weighted by Gasteiger charge is -2.03. The van der Waals surface area contributed by atoms with Crippen LogP contribution in [0, 0.1) is 12.7 Å². The maximum atomic E-state index is 13.4. The second-order valence-corrected chi connectivity index (χ2v) is 3.22. The van der Waals surface area contributed by atoms with E-state index >= 15 is 0 Å². The molecule has 0 aliphatic rings. The number of halogens is 1. The molecule has 1 nitrogen and oxygen atoms in total. The number of hydrogen-bond donors (Lipinski definition) is 0. The molecular formula is C14H16FN. The third-order valence-corrected chi connectivity index (χ3v) is 2.11. The Hall–Kier alpha value is -1.70. The highest BCUT2D eigenvalue weighted by Gasteiger charge is 2.03. The van der Waals surface area contributed by atoms with Gasteiger partial charge in [0.15, 0.2) is 0 Å². The van der Waals surface area contributed by atoms with E-state index in [2.05, 4.69) is 4.98 Å². The van der Waals surface area contributed by atoms with Gasteiger partial charge >= 0.3 is 0 Å². The van der Waals surface area contributed by atoms with Crippen molar-refractivity contribution >= 4 is 0 Å². The summed E-state index contributed by atoms with van der Waals surface area (Å²) >= 11 is 0. The molecular weight excluding hydrogens is 201 g/mol. The number of rotatable bonds is 1. The third kappa shape index (κ3) is 2.89. The molecule has 0 radical (unpaired) electrons. The van der Waals surface area contributed by atoms with E-state index < -0.39 is 0 Å². The Morgan fingerprint density at radius 2 is 1.62 bits per heavy atom. The van der Waals surface area contributed by atoms with Gasteiger partial charge in [-0.25, -0.2) is 4.39 Å². The van der Waals surface area contributed by atoms with Crippen molar-refractivity contribution < 1.29 is 4.39 Å². The molecule has 1 aromatic heterocycles. The van der Waals surface area contributed by atoms with Crippen LogP contribution < -0.4 is 0 Å². The molecule has 0 bridgehead atoms. The molecule has 1 aromatic carbocycles. The van der Waals surface area contributed by atoms with Crippen LogP contribution in [0.2, 0.25) is 0 Å². The molecule has 2 heteroatoms. The van der Waals surface area contributed by atoms with Crippen molar-refractivity contribution in [2.75, 3.05) is 0 Å². The Morgan fingerprint density at radius 1 is 1.00 bits per heavy atom. The second-order valence-electron chi connectivity index (χ2n) is 3.22. The molecule has 0 saturated heterocycles. The van der Waals surface area contributed by atoms with Gasteiger partial charge in [0.2, 0.25) is 0 Å². The highest BCUT2D eigenvalue weighted by Crippen LogP contribution is 2.22. The zero-order chi connectivity index (χ0) is 12.0. The molecule has 1 heterocycles. The van der Waals surface area contributed by atoms with Gasteiger partial charge < -0.3 is 0 Å². The molecule has 16 heavy (non-hydrogen) atoms. The fraction of sp³-hybridized carbons (Fsp3) is 0.214. The van der Waals surface area contributed by atoms with Crippen molar-refractivity contribution in [1.82, 2.24) is 4.98 Å². The van der Waals surface area contributed by atoms with E-state index in [9.17, 15) is 4.39 Å². The molecule has 0 amide bonds. The van der Waals surface area contributed by atoms with Gasteiger partial charge in [-0.3, -0.25) is 4.98 Å². The summed E-state index contributed by atoms with van der Waals surface area (Å²) < 4.78 is 13.4. The quantitative estimate of drug-likeness (QED) is 0.696. The Morgan fingerprint density at radius 3 is 2.25 bits per heavy atom. The van der Waals surface area contributed by atoms with Gasteiger partial charge in [0.25, 0.3) is 0 Å². The van der Waals surface area contributed by atoms with E-state index in [0.29, 0.717) is 5.56 Å². The van der Waals surface area contributed by atoms with Crippen molar-refractivity contribution in [1.29, 1.82) is 0 Å². The van der Waals surface area contributed by atoms with E-state index in [-0.39, 0.29) is 5.82 Å². The van der Waals surface area contributed by atoms with Crippen LogP contribution in [0.3, 0.4) is 0 Å². The van der Waals surface area contributed by atoms with E-state index in [1.807, 2.05) is 26.8 Å². The average Bonchev–Trinajstić information content (AvgIpc) is 2.36. The normalized spacial score (nSPS) is 9.25. The molecule has 0 aliphatic heterocycles. The number of pyridine rings is 1. The minimum Gasteiger partial charge on any atom is -0.265 e. The van der Waals surface area contributed by atoms with Gasteiger partial charge in [-0.1, -0.05) is 25.5 Å². The van der Waals surface area contributed by atoms with E-state index in [4.69, 9.17) is 0 Å². The largest absolute Gasteiger partial charge is 0.265 e. The second kappa shape index (κ2) is 6.01. The van der Waals surface area contributed by atoms with Crippen LogP contribution in [0.25, 0.3) is 11.1 Å². The smallest absolute Gasteiger partial charge is 0.131 e. The predicted molar refractivity (Wildman–Crippen MR) is 65.7 cm³/mol. The summed E-state index contributed by atoms with van der Waals surface area (Å²) in [6, 6.07) is 8.70. The standard InChI is InChI=1S/C12H10FN.C2H6/c1-9-2-3-12(13)11(8-9)10-4-6-14-7-5-10;1-2/h2-8H,1H3;1-2H3. The topological polar surface area (TPSA) is 12.9 Å². The summed E-state index contributed by atoms with van der Waals surface area (Å²) in [5.74, 6) is -0.193. The van der Waals surface area contributed by atoms with Crippen molar-refractivity contribution in [3.63, 3.8) is 0 Å². The first-order chi connectivity index (χ1) is 7.77. The van der Waals surface area contributed by atoms with Gasteiger partial charge in [-0.15, -0.1) is 0 Å². The zero-order valence-corrected chi connectivity index (χ0v) is 9.87. The van der Waals surface area contributed by atoms with Crippen LogP contribution >= 0.6 is 0 Å². The summed E-state index contributed by atoms with van der Waals surface area (Å²) in [6.45, 7) is 5.95. The molecule has 0 saturated carbocycles. The zero-order valence-electron chi connectivity index (χ0n) is 9.87. The molecule has 0 N–H and O–H groups in total. The Kier molecular flexibility index (Phi) is 4.65. The molecule has 0 spiro atoms. The van der Waals surface area contributed by atoms with Crippen LogP contribution in [0.4, 0.5) is 4.39 Å². The van der Waals surface area contributed by atoms with Gasteiger partial charge in [0, 0.05) is 18.0 Å². The summed E-state index contributed by atoms with van der Waals surface area (Å²) in [5, 5.41) is 0. The first kappa shape index (κ1) is 12.4. The van der Waals surface area contributed by atoms with E-state index in [0.717, 1.165) is 11.1 Å². The maximum absolute atomic E-state index is 13.4. The minimum absolute atomic E-state index is 0.193. The maximum Gasteiger partial charge on any atom is 0.131 e. The number of aromatic nitrogens is 1. The lowest BCUT2D eigenvalue weighted by molar-refractivity contribution is 0.631. The summed E-state index contributed by atoms with van der Waals surface area (Å²) in [6.07, 6.45) is 3.33. The Labute approximate surface area is 96.0 Å². The van der Waals surface area contributed by atoms with Crippen LogP contribution in [0.5, 0.6) is 0 Å². The van der Waals surface area contributed by atoms with Gasteiger partial charge in [0.05, 0.1) is 0 Å².